The zero-order chi connectivity index (χ0) is 19.8. The first kappa shape index (κ1) is 18.7. The van der Waals surface area contributed by atoms with Gasteiger partial charge in [-0.2, -0.15) is 0 Å². The fraction of sp³-hybridized carbons (Fsp3) is 0.400. The van der Waals surface area contributed by atoms with Gasteiger partial charge in [-0.05, 0) is 49.9 Å². The van der Waals surface area contributed by atoms with Crippen molar-refractivity contribution in [3.05, 3.63) is 53.1 Å². The van der Waals surface area contributed by atoms with Crippen LogP contribution in [0.5, 0.6) is 5.75 Å². The molecule has 2 amide bonds. The third kappa shape index (κ3) is 3.54. The Morgan fingerprint density at radius 2 is 2.04 bits per heavy atom. The second kappa shape index (κ2) is 7.05. The van der Waals surface area contributed by atoms with Crippen LogP contribution in [0.25, 0.3) is 0 Å². The number of amides is 2. The van der Waals surface area contributed by atoms with Crippen molar-refractivity contribution in [3.63, 3.8) is 0 Å². The normalized spacial score (nSPS) is 24.5. The number of rotatable bonds is 7. The molecule has 3 aliphatic carbocycles. The average molecular weight is 401 g/mol. The summed E-state index contributed by atoms with van der Waals surface area (Å²) in [5.41, 5.74) is 0.998. The van der Waals surface area contributed by atoms with Crippen molar-refractivity contribution in [2.24, 2.45) is 5.41 Å². The monoisotopic (exact) mass is 400 g/mol. The fourth-order valence-electron chi connectivity index (χ4n) is 4.13. The second-order valence-electron chi connectivity index (χ2n) is 7.72. The van der Waals surface area contributed by atoms with Crippen LogP contribution in [-0.4, -0.2) is 33.9 Å². The van der Waals surface area contributed by atoms with Crippen molar-refractivity contribution < 1.29 is 14.3 Å². The van der Waals surface area contributed by atoms with Crippen molar-refractivity contribution in [3.8, 4) is 5.75 Å². The van der Waals surface area contributed by atoms with E-state index in [4.69, 9.17) is 16.3 Å². The first-order valence-electron chi connectivity index (χ1n) is 9.13. The largest absolute Gasteiger partial charge is 0.484 e. The molecule has 0 aliphatic heterocycles. The zero-order valence-corrected chi connectivity index (χ0v) is 16.3. The maximum absolute atomic E-state index is 12.4. The Balaban J connectivity index is 1.21. The van der Waals surface area contributed by atoms with E-state index in [9.17, 15) is 9.59 Å². The van der Waals surface area contributed by atoms with Gasteiger partial charge in [0.2, 0.25) is 5.91 Å². The number of aryl methyl sites for hydroxylation is 1. The fourth-order valence-corrected chi connectivity index (χ4v) is 4.25. The number of halogens is 1. The molecule has 7 nitrogen and oxygen atoms in total. The number of nitrogens with zero attached hydrogens (tertiary/aromatic N) is 2. The van der Waals surface area contributed by atoms with Crippen LogP contribution in [0, 0.1) is 12.3 Å². The Kier molecular flexibility index (Phi) is 4.71. The van der Waals surface area contributed by atoms with E-state index in [-0.39, 0.29) is 29.4 Å². The third-order valence-corrected chi connectivity index (χ3v) is 5.89. The molecule has 1 aromatic carbocycles. The molecule has 28 heavy (non-hydrogen) atoms. The smallest absolute Gasteiger partial charge is 0.258 e. The highest BCUT2D eigenvalue weighted by atomic mass is 35.5. The van der Waals surface area contributed by atoms with Crippen LogP contribution in [0.4, 0.5) is 0 Å². The van der Waals surface area contributed by atoms with Gasteiger partial charge in [-0.25, -0.2) is 0 Å². The molecule has 3 aliphatic rings. The van der Waals surface area contributed by atoms with E-state index in [0.717, 1.165) is 11.3 Å². The summed E-state index contributed by atoms with van der Waals surface area (Å²) < 4.78 is 5.53. The van der Waals surface area contributed by atoms with Gasteiger partial charge in [0, 0.05) is 23.0 Å². The maximum atomic E-state index is 12.4. The molecule has 146 valence electrons. The highest BCUT2D eigenvalue weighted by Gasteiger charge is 2.72. The summed E-state index contributed by atoms with van der Waals surface area (Å²) in [5, 5.41) is 6.59. The van der Waals surface area contributed by atoms with Crippen molar-refractivity contribution in [2.45, 2.75) is 38.3 Å². The van der Waals surface area contributed by atoms with Crippen molar-refractivity contribution in [1.82, 2.24) is 20.6 Å². The third-order valence-electron chi connectivity index (χ3n) is 5.46. The topological polar surface area (TPSA) is 93.2 Å². The molecule has 3 fully saturated rings. The first-order valence-corrected chi connectivity index (χ1v) is 9.51. The number of aromatic nitrogens is 2. The zero-order valence-electron chi connectivity index (χ0n) is 15.5. The van der Waals surface area contributed by atoms with Gasteiger partial charge in [0.15, 0.2) is 6.61 Å². The highest BCUT2D eigenvalue weighted by Crippen LogP contribution is 2.67. The number of carbonyl (C=O) groups excluding carboxylic acids is 2. The maximum Gasteiger partial charge on any atom is 0.258 e. The molecule has 0 atom stereocenters. The van der Waals surface area contributed by atoms with Crippen molar-refractivity contribution in [2.75, 3.05) is 6.61 Å². The number of hydrogen-bond donors (Lipinski definition) is 2. The van der Waals surface area contributed by atoms with Gasteiger partial charge in [0.25, 0.3) is 5.91 Å². The summed E-state index contributed by atoms with van der Waals surface area (Å²) in [7, 11) is 0. The van der Waals surface area contributed by atoms with Crippen LogP contribution >= 0.6 is 11.6 Å². The van der Waals surface area contributed by atoms with Gasteiger partial charge in [-0.1, -0.05) is 11.6 Å². The molecule has 5 rings (SSSR count). The molecule has 8 heteroatoms. The Labute approximate surface area is 167 Å². The number of ether oxygens (including phenoxy) is 1. The van der Waals surface area contributed by atoms with E-state index in [1.807, 2.05) is 6.92 Å². The molecule has 0 spiro atoms. The number of hydrogen-bond acceptors (Lipinski definition) is 5. The van der Waals surface area contributed by atoms with Gasteiger partial charge in [0.05, 0.1) is 23.9 Å². The minimum absolute atomic E-state index is 0.0159. The van der Waals surface area contributed by atoms with Crippen LogP contribution < -0.4 is 15.4 Å². The lowest BCUT2D eigenvalue weighted by Crippen LogP contribution is -2.78. The Morgan fingerprint density at radius 3 is 2.71 bits per heavy atom. The standard InChI is InChI=1S/C20H21ClN4O3/c1-13-6-15(2-3-16(13)21)28-9-17(26)25-20-10-19(11-20,12-20)18(27)24-8-14-7-22-4-5-23-14/h2-7H,8-12H2,1H3,(H,24,27)(H,25,26). The van der Waals surface area contributed by atoms with E-state index in [1.165, 1.54) is 0 Å². The molecule has 2 aromatic rings. The second-order valence-corrected chi connectivity index (χ2v) is 8.13. The van der Waals surface area contributed by atoms with E-state index in [0.29, 0.717) is 36.6 Å². The summed E-state index contributed by atoms with van der Waals surface area (Å²) in [6.45, 7) is 2.18. The Bertz CT molecular complexity index is 899. The number of carbonyl (C=O) groups is 2. The van der Waals surface area contributed by atoms with E-state index in [1.54, 1.807) is 36.8 Å². The molecule has 2 N–H and O–H groups in total. The van der Waals surface area contributed by atoms with Gasteiger partial charge in [0.1, 0.15) is 5.75 Å². The van der Waals surface area contributed by atoms with Gasteiger partial charge >= 0.3 is 0 Å². The summed E-state index contributed by atoms with van der Waals surface area (Å²) in [4.78, 5) is 32.8. The Hall–Kier alpha value is -2.67. The lowest BCUT2D eigenvalue weighted by molar-refractivity contribution is -0.184. The van der Waals surface area contributed by atoms with Crippen LogP contribution in [0.3, 0.4) is 0 Å². The molecule has 2 bridgehead atoms. The van der Waals surface area contributed by atoms with Crippen molar-refractivity contribution >= 4 is 23.4 Å². The lowest BCUT2D eigenvalue weighted by Gasteiger charge is -2.69. The lowest BCUT2D eigenvalue weighted by atomic mass is 9.39. The molecular weight excluding hydrogens is 380 g/mol. The quantitative estimate of drug-likeness (QED) is 0.743. The summed E-state index contributed by atoms with van der Waals surface area (Å²) >= 11 is 5.98. The molecule has 0 saturated heterocycles. The highest BCUT2D eigenvalue weighted by molar-refractivity contribution is 6.31. The number of nitrogens with one attached hydrogen (secondary N) is 2. The van der Waals surface area contributed by atoms with Gasteiger partial charge < -0.3 is 15.4 Å². The molecule has 3 saturated carbocycles. The van der Waals surface area contributed by atoms with Gasteiger partial charge in [-0.3, -0.25) is 19.6 Å². The molecule has 0 unspecified atom stereocenters. The van der Waals surface area contributed by atoms with Gasteiger partial charge in [-0.15, -0.1) is 0 Å². The number of benzene rings is 1. The minimum Gasteiger partial charge on any atom is -0.484 e. The Morgan fingerprint density at radius 1 is 1.25 bits per heavy atom. The summed E-state index contributed by atoms with van der Waals surface area (Å²) in [5.74, 6) is 0.442. The van der Waals surface area contributed by atoms with Crippen molar-refractivity contribution in [1.29, 1.82) is 0 Å². The minimum atomic E-state index is -0.358. The average Bonchev–Trinajstić information content (AvgIpc) is 2.63. The predicted molar refractivity (Wildman–Crippen MR) is 103 cm³/mol. The van der Waals surface area contributed by atoms with E-state index in [2.05, 4.69) is 20.6 Å². The predicted octanol–water partition coefficient (Wildman–Crippen LogP) is 2.17. The molecule has 0 radical (unpaired) electrons. The van der Waals surface area contributed by atoms with Crippen LogP contribution in [0.15, 0.2) is 36.8 Å². The van der Waals surface area contributed by atoms with E-state index >= 15 is 0 Å². The SMILES string of the molecule is Cc1cc(OCC(=O)NC23CC(C(=O)NCc4cnccn4)(C2)C3)ccc1Cl. The molecule has 1 aromatic heterocycles. The molecular formula is C20H21ClN4O3. The van der Waals surface area contributed by atoms with Crippen LogP contribution in [0.1, 0.15) is 30.5 Å². The summed E-state index contributed by atoms with van der Waals surface area (Å²) in [6.07, 6.45) is 6.82. The molecule has 1 heterocycles. The first-order chi connectivity index (χ1) is 13.4. The van der Waals surface area contributed by atoms with E-state index < -0.39 is 0 Å². The summed E-state index contributed by atoms with van der Waals surface area (Å²) in [6, 6.07) is 5.28. The van der Waals surface area contributed by atoms with Crippen LogP contribution in [-0.2, 0) is 16.1 Å². The van der Waals surface area contributed by atoms with Crippen LogP contribution in [0.2, 0.25) is 5.02 Å².